The highest BCUT2D eigenvalue weighted by Gasteiger charge is 2.45. The third-order valence-electron chi connectivity index (χ3n) is 5.97. The fourth-order valence-electron chi connectivity index (χ4n) is 4.30. The molecule has 0 saturated heterocycles. The number of hydrogen-bond acceptors (Lipinski definition) is 7. The summed E-state index contributed by atoms with van der Waals surface area (Å²) in [7, 11) is 1.56. The van der Waals surface area contributed by atoms with Gasteiger partial charge in [0.1, 0.15) is 5.58 Å². The van der Waals surface area contributed by atoms with Crippen LogP contribution in [-0.4, -0.2) is 24.6 Å². The lowest BCUT2D eigenvalue weighted by Crippen LogP contribution is -2.29. The molecular weight excluding hydrogens is 488 g/mol. The van der Waals surface area contributed by atoms with E-state index in [-0.39, 0.29) is 16.8 Å². The highest BCUT2D eigenvalue weighted by Crippen LogP contribution is 2.43. The van der Waals surface area contributed by atoms with E-state index in [9.17, 15) is 9.59 Å². The van der Waals surface area contributed by atoms with Crippen LogP contribution in [0.5, 0.6) is 11.5 Å². The zero-order valence-electron chi connectivity index (χ0n) is 19.2. The zero-order chi connectivity index (χ0) is 24.5. The minimum Gasteiger partial charge on any atom is -0.493 e. The standard InChI is InChI=1S/C26H23ClN2O5S/c1-3-4-5-11-33-19-8-6-15(13-20(19)32-2)22-21-23(30)17-14-16(27)7-9-18(17)34-24(21)25(31)29(22)26-28-10-12-35-26/h6-10,12-14,22H,3-5,11H2,1-2H3. The van der Waals surface area contributed by atoms with Gasteiger partial charge in [-0.2, -0.15) is 0 Å². The first kappa shape index (κ1) is 23.4. The maximum absolute atomic E-state index is 13.7. The number of methoxy groups -OCH3 is 1. The molecule has 7 nitrogen and oxygen atoms in total. The summed E-state index contributed by atoms with van der Waals surface area (Å²) in [6, 6.07) is 9.48. The molecule has 5 rings (SSSR count). The van der Waals surface area contributed by atoms with Crippen LogP contribution >= 0.6 is 22.9 Å². The van der Waals surface area contributed by atoms with Crippen molar-refractivity contribution in [1.82, 2.24) is 4.98 Å². The maximum Gasteiger partial charge on any atom is 0.297 e. The van der Waals surface area contributed by atoms with Crippen molar-refractivity contribution in [1.29, 1.82) is 0 Å². The summed E-state index contributed by atoms with van der Waals surface area (Å²) in [6.07, 6.45) is 4.74. The molecule has 35 heavy (non-hydrogen) atoms. The van der Waals surface area contributed by atoms with E-state index in [0.717, 1.165) is 19.3 Å². The average molecular weight is 511 g/mol. The van der Waals surface area contributed by atoms with Crippen molar-refractivity contribution in [3.05, 3.63) is 80.1 Å². The van der Waals surface area contributed by atoms with E-state index >= 15 is 0 Å². The molecule has 180 valence electrons. The molecule has 0 aliphatic carbocycles. The number of fused-ring (bicyclic) bond motifs is 2. The van der Waals surface area contributed by atoms with Gasteiger partial charge in [-0.15, -0.1) is 11.3 Å². The summed E-state index contributed by atoms with van der Waals surface area (Å²) < 4.78 is 17.5. The summed E-state index contributed by atoms with van der Waals surface area (Å²) in [5.41, 5.74) is 0.928. The number of aromatic nitrogens is 1. The van der Waals surface area contributed by atoms with E-state index in [1.54, 1.807) is 43.0 Å². The molecule has 9 heteroatoms. The molecule has 2 aromatic carbocycles. The fourth-order valence-corrected chi connectivity index (χ4v) is 5.14. The van der Waals surface area contributed by atoms with Gasteiger partial charge in [-0.25, -0.2) is 4.98 Å². The van der Waals surface area contributed by atoms with Crippen molar-refractivity contribution < 1.29 is 18.7 Å². The predicted molar refractivity (Wildman–Crippen MR) is 136 cm³/mol. The van der Waals surface area contributed by atoms with E-state index in [1.807, 2.05) is 12.1 Å². The Hall–Kier alpha value is -3.36. The van der Waals surface area contributed by atoms with Crippen LogP contribution in [0.1, 0.15) is 53.9 Å². The average Bonchev–Trinajstić information content (AvgIpc) is 3.49. The molecule has 1 aliphatic heterocycles. The number of thiazole rings is 1. The summed E-state index contributed by atoms with van der Waals surface area (Å²) in [5, 5.41) is 2.97. The van der Waals surface area contributed by atoms with Gasteiger partial charge in [0.05, 0.1) is 30.7 Å². The van der Waals surface area contributed by atoms with E-state index in [0.29, 0.717) is 44.8 Å². The Bertz CT molecular complexity index is 1450. The lowest BCUT2D eigenvalue weighted by Gasteiger charge is -2.23. The molecule has 0 bridgehead atoms. The number of ether oxygens (including phenoxy) is 2. The minimum absolute atomic E-state index is 0.00359. The molecule has 1 atom stereocenters. The molecule has 0 spiro atoms. The van der Waals surface area contributed by atoms with Crippen LogP contribution in [0.15, 0.2) is 57.2 Å². The summed E-state index contributed by atoms with van der Waals surface area (Å²) in [6.45, 7) is 2.72. The van der Waals surface area contributed by atoms with Gasteiger partial charge in [0.25, 0.3) is 5.91 Å². The molecule has 0 radical (unpaired) electrons. The number of carbonyl (C=O) groups excluding carboxylic acids is 1. The van der Waals surface area contributed by atoms with E-state index in [1.165, 1.54) is 16.2 Å². The smallest absolute Gasteiger partial charge is 0.297 e. The Balaban J connectivity index is 1.65. The molecule has 0 fully saturated rings. The molecular formula is C26H23ClN2O5S. The molecule has 1 amide bonds. The lowest BCUT2D eigenvalue weighted by atomic mass is 9.98. The van der Waals surface area contributed by atoms with Gasteiger partial charge in [0.2, 0.25) is 5.76 Å². The number of amides is 1. The maximum atomic E-state index is 13.7. The van der Waals surface area contributed by atoms with Gasteiger partial charge in [0, 0.05) is 16.6 Å². The molecule has 4 aromatic rings. The third-order valence-corrected chi connectivity index (χ3v) is 6.97. The molecule has 1 aliphatic rings. The van der Waals surface area contributed by atoms with Crippen LogP contribution in [0.3, 0.4) is 0 Å². The van der Waals surface area contributed by atoms with Gasteiger partial charge in [-0.1, -0.05) is 37.4 Å². The quantitative estimate of drug-likeness (QED) is 0.261. The second-order valence-electron chi connectivity index (χ2n) is 8.17. The van der Waals surface area contributed by atoms with E-state index in [2.05, 4.69) is 11.9 Å². The van der Waals surface area contributed by atoms with E-state index in [4.69, 9.17) is 25.5 Å². The SMILES string of the molecule is CCCCCOc1ccc(C2c3c(oc4ccc(Cl)cc4c3=O)C(=O)N2c2nccs2)cc1OC. The Morgan fingerprint density at radius 3 is 2.74 bits per heavy atom. The Morgan fingerprint density at radius 2 is 2.00 bits per heavy atom. The molecule has 0 saturated carbocycles. The zero-order valence-corrected chi connectivity index (χ0v) is 20.8. The van der Waals surface area contributed by atoms with Crippen LogP contribution in [-0.2, 0) is 0 Å². The Labute approximate surface area is 210 Å². The van der Waals surface area contributed by atoms with Crippen LogP contribution in [0, 0.1) is 0 Å². The van der Waals surface area contributed by atoms with Crippen molar-refractivity contribution >= 4 is 44.9 Å². The number of rotatable bonds is 8. The molecule has 3 heterocycles. The van der Waals surface area contributed by atoms with Gasteiger partial charge in [-0.05, 0) is 42.3 Å². The number of halogens is 1. The highest BCUT2D eigenvalue weighted by molar-refractivity contribution is 7.13. The number of unbranched alkanes of at least 4 members (excludes halogenated alkanes) is 2. The summed E-state index contributed by atoms with van der Waals surface area (Å²) in [5.74, 6) is 0.707. The second kappa shape index (κ2) is 9.71. The predicted octanol–water partition coefficient (Wildman–Crippen LogP) is 6.23. The van der Waals surface area contributed by atoms with Crippen LogP contribution in [0.25, 0.3) is 11.0 Å². The van der Waals surface area contributed by atoms with Gasteiger partial charge >= 0.3 is 0 Å². The number of benzene rings is 2. The molecule has 1 unspecified atom stereocenters. The van der Waals surface area contributed by atoms with Crippen molar-refractivity contribution in [2.45, 2.75) is 32.2 Å². The third kappa shape index (κ3) is 4.17. The Morgan fingerprint density at radius 1 is 1.14 bits per heavy atom. The van der Waals surface area contributed by atoms with Crippen molar-refractivity contribution in [3.8, 4) is 11.5 Å². The van der Waals surface area contributed by atoms with Crippen molar-refractivity contribution in [2.24, 2.45) is 0 Å². The first-order valence-electron chi connectivity index (χ1n) is 11.3. The number of carbonyl (C=O) groups is 1. The van der Waals surface area contributed by atoms with E-state index < -0.39 is 11.9 Å². The first-order chi connectivity index (χ1) is 17.0. The molecule has 0 N–H and O–H groups in total. The summed E-state index contributed by atoms with van der Waals surface area (Å²) in [4.78, 5) is 33.1. The normalized spacial score (nSPS) is 15.0. The minimum atomic E-state index is -0.744. The lowest BCUT2D eigenvalue weighted by molar-refractivity contribution is 0.0971. The topological polar surface area (TPSA) is 81.9 Å². The van der Waals surface area contributed by atoms with Crippen LogP contribution in [0.2, 0.25) is 5.02 Å². The van der Waals surface area contributed by atoms with Crippen LogP contribution < -0.4 is 19.8 Å². The highest BCUT2D eigenvalue weighted by atomic mass is 35.5. The largest absolute Gasteiger partial charge is 0.493 e. The van der Waals surface area contributed by atoms with Crippen LogP contribution in [0.4, 0.5) is 5.13 Å². The monoisotopic (exact) mass is 510 g/mol. The van der Waals surface area contributed by atoms with Crippen molar-refractivity contribution in [2.75, 3.05) is 18.6 Å². The number of nitrogens with zero attached hydrogens (tertiary/aromatic N) is 2. The van der Waals surface area contributed by atoms with Gasteiger partial charge < -0.3 is 13.9 Å². The van der Waals surface area contributed by atoms with Crippen molar-refractivity contribution in [3.63, 3.8) is 0 Å². The van der Waals surface area contributed by atoms with Gasteiger partial charge in [-0.3, -0.25) is 14.5 Å². The summed E-state index contributed by atoms with van der Waals surface area (Å²) >= 11 is 7.46. The Kier molecular flexibility index (Phi) is 6.49. The van der Waals surface area contributed by atoms with Gasteiger partial charge in [0.15, 0.2) is 22.1 Å². The first-order valence-corrected chi connectivity index (χ1v) is 12.6. The molecule has 2 aromatic heterocycles. The fraction of sp³-hybridized carbons (Fsp3) is 0.269. The second-order valence-corrected chi connectivity index (χ2v) is 9.48. The number of anilines is 1. The number of hydrogen-bond donors (Lipinski definition) is 0.